The quantitative estimate of drug-likeness (QED) is 0.528. The number of hydrogen-bond donors (Lipinski definition) is 2. The number of carboxylic acids is 1. The number of amides is 1. The van der Waals surface area contributed by atoms with Crippen molar-refractivity contribution in [3.8, 4) is 0 Å². The average molecular weight is 415 g/mol. The van der Waals surface area contributed by atoms with Crippen molar-refractivity contribution in [1.29, 1.82) is 0 Å². The van der Waals surface area contributed by atoms with E-state index in [0.717, 1.165) is 0 Å². The fourth-order valence-corrected chi connectivity index (χ4v) is 2.14. The Hall–Kier alpha value is -2.79. The molecule has 0 fully saturated rings. The molecule has 2 N–H and O–H groups in total. The third-order valence-corrected chi connectivity index (χ3v) is 3.32. The number of ether oxygens (including phenoxy) is 1. The van der Waals surface area contributed by atoms with Crippen LogP contribution >= 0.6 is 0 Å². The van der Waals surface area contributed by atoms with E-state index in [9.17, 15) is 40.7 Å². The molecule has 0 saturated heterocycles. The van der Waals surface area contributed by atoms with Crippen molar-refractivity contribution in [2.24, 2.45) is 0 Å². The van der Waals surface area contributed by atoms with Crippen LogP contribution in [0.1, 0.15) is 30.0 Å². The third-order valence-electron chi connectivity index (χ3n) is 3.32. The van der Waals surface area contributed by atoms with Crippen LogP contribution in [0.3, 0.4) is 0 Å². The molecule has 1 rings (SSSR count). The number of carbonyl (C=O) groups is 3. The first-order valence-electron chi connectivity index (χ1n) is 7.70. The summed E-state index contributed by atoms with van der Waals surface area (Å²) in [6.45, 7) is 1.40. The lowest BCUT2D eigenvalue weighted by atomic mass is 10.0. The van der Waals surface area contributed by atoms with Crippen molar-refractivity contribution in [2.75, 3.05) is 6.61 Å². The van der Waals surface area contributed by atoms with Crippen LogP contribution in [-0.4, -0.2) is 35.6 Å². The summed E-state index contributed by atoms with van der Waals surface area (Å²) in [5.74, 6) is -3.75. The average Bonchev–Trinajstić information content (AvgIpc) is 2.52. The number of aliphatic carboxylic acids is 1. The Morgan fingerprint density at radius 1 is 1.04 bits per heavy atom. The molecule has 0 aliphatic heterocycles. The summed E-state index contributed by atoms with van der Waals surface area (Å²) in [4.78, 5) is 34.3. The van der Waals surface area contributed by atoms with E-state index in [1.807, 2.05) is 5.32 Å². The van der Waals surface area contributed by atoms with Gasteiger partial charge < -0.3 is 15.2 Å². The van der Waals surface area contributed by atoms with E-state index in [4.69, 9.17) is 5.11 Å². The first kappa shape index (κ1) is 23.2. The van der Waals surface area contributed by atoms with Gasteiger partial charge in [-0.05, 0) is 30.7 Å². The lowest BCUT2D eigenvalue weighted by Gasteiger charge is -2.16. The SMILES string of the molecule is CCOC(=O)C[C@@H](NC(=O)Cc1cc(C(F)(F)F)cc(C(F)(F)F)c1)C(=O)O. The van der Waals surface area contributed by atoms with Crippen LogP contribution in [0.4, 0.5) is 26.3 Å². The number of rotatable bonds is 7. The highest BCUT2D eigenvalue weighted by atomic mass is 19.4. The first-order valence-corrected chi connectivity index (χ1v) is 7.70. The van der Waals surface area contributed by atoms with Gasteiger partial charge in [0.25, 0.3) is 0 Å². The molecule has 0 radical (unpaired) electrons. The van der Waals surface area contributed by atoms with Crippen molar-refractivity contribution in [3.05, 3.63) is 34.9 Å². The van der Waals surface area contributed by atoms with Gasteiger partial charge in [-0.25, -0.2) is 4.79 Å². The predicted molar refractivity (Wildman–Crippen MR) is 81.0 cm³/mol. The van der Waals surface area contributed by atoms with E-state index in [1.165, 1.54) is 6.92 Å². The topological polar surface area (TPSA) is 92.7 Å². The zero-order valence-electron chi connectivity index (χ0n) is 14.3. The summed E-state index contributed by atoms with van der Waals surface area (Å²) in [7, 11) is 0. The minimum Gasteiger partial charge on any atom is -0.480 e. The molecule has 0 spiro atoms. The Bertz CT molecular complexity index is 712. The lowest BCUT2D eigenvalue weighted by molar-refractivity contribution is -0.150. The second kappa shape index (κ2) is 8.93. The highest BCUT2D eigenvalue weighted by Gasteiger charge is 2.37. The standard InChI is InChI=1S/C16H15F6NO5/c1-2-28-13(25)7-11(14(26)27)23-12(24)5-8-3-9(15(17,18)19)6-10(4-8)16(20,21)22/h3-4,6,11H,2,5,7H2,1H3,(H,23,24)(H,26,27)/t11-/m1/s1. The van der Waals surface area contributed by atoms with E-state index in [0.29, 0.717) is 12.1 Å². The van der Waals surface area contributed by atoms with Gasteiger partial charge in [0.05, 0.1) is 30.6 Å². The zero-order chi connectivity index (χ0) is 21.7. The molecule has 6 nitrogen and oxygen atoms in total. The van der Waals surface area contributed by atoms with Crippen LogP contribution in [0.25, 0.3) is 0 Å². The molecule has 28 heavy (non-hydrogen) atoms. The fourth-order valence-electron chi connectivity index (χ4n) is 2.14. The second-order valence-corrected chi connectivity index (χ2v) is 5.56. The Kier molecular flexibility index (Phi) is 7.42. The summed E-state index contributed by atoms with van der Waals surface area (Å²) in [6.07, 6.45) is -11.9. The van der Waals surface area contributed by atoms with Crippen LogP contribution in [0.5, 0.6) is 0 Å². The summed E-state index contributed by atoms with van der Waals surface area (Å²) in [6, 6.07) is -1.13. The minimum atomic E-state index is -5.08. The van der Waals surface area contributed by atoms with E-state index in [-0.39, 0.29) is 12.7 Å². The Morgan fingerprint density at radius 3 is 1.93 bits per heavy atom. The van der Waals surface area contributed by atoms with Crippen LogP contribution < -0.4 is 5.32 Å². The lowest BCUT2D eigenvalue weighted by Crippen LogP contribution is -2.43. The number of benzene rings is 1. The number of hydrogen-bond acceptors (Lipinski definition) is 4. The molecule has 156 valence electrons. The van der Waals surface area contributed by atoms with Crippen molar-refractivity contribution >= 4 is 17.8 Å². The van der Waals surface area contributed by atoms with Gasteiger partial charge in [0.15, 0.2) is 0 Å². The van der Waals surface area contributed by atoms with Gasteiger partial charge in [-0.15, -0.1) is 0 Å². The van der Waals surface area contributed by atoms with E-state index >= 15 is 0 Å². The number of nitrogens with one attached hydrogen (secondary N) is 1. The largest absolute Gasteiger partial charge is 0.480 e. The number of carbonyl (C=O) groups excluding carboxylic acids is 2. The maximum atomic E-state index is 12.8. The molecule has 1 aromatic carbocycles. The number of halogens is 6. The van der Waals surface area contributed by atoms with E-state index < -0.39 is 65.8 Å². The van der Waals surface area contributed by atoms with Gasteiger partial charge in [0.1, 0.15) is 6.04 Å². The van der Waals surface area contributed by atoms with Crippen LogP contribution in [0.15, 0.2) is 18.2 Å². The van der Waals surface area contributed by atoms with E-state index in [2.05, 4.69) is 4.74 Å². The van der Waals surface area contributed by atoms with Gasteiger partial charge in [-0.1, -0.05) is 0 Å². The monoisotopic (exact) mass is 415 g/mol. The fraction of sp³-hybridized carbons (Fsp3) is 0.438. The molecule has 0 aliphatic rings. The summed E-state index contributed by atoms with van der Waals surface area (Å²) >= 11 is 0. The Morgan fingerprint density at radius 2 is 1.54 bits per heavy atom. The molecule has 0 saturated carbocycles. The van der Waals surface area contributed by atoms with E-state index in [1.54, 1.807) is 0 Å². The third kappa shape index (κ3) is 7.08. The number of carboxylic acid groups (broad SMARTS) is 1. The maximum absolute atomic E-state index is 12.8. The molecule has 0 unspecified atom stereocenters. The maximum Gasteiger partial charge on any atom is 0.416 e. The molecular weight excluding hydrogens is 400 g/mol. The molecule has 1 amide bonds. The summed E-state index contributed by atoms with van der Waals surface area (Å²) in [5, 5.41) is 10.9. The minimum absolute atomic E-state index is 0.0520. The van der Waals surface area contributed by atoms with Crippen LogP contribution in [0, 0.1) is 0 Å². The van der Waals surface area contributed by atoms with Crippen molar-refractivity contribution < 1.29 is 50.6 Å². The molecule has 0 heterocycles. The molecule has 1 atom stereocenters. The van der Waals surface area contributed by atoms with Gasteiger partial charge in [-0.3, -0.25) is 9.59 Å². The van der Waals surface area contributed by atoms with Crippen molar-refractivity contribution in [2.45, 2.75) is 38.2 Å². The Labute approximate surface area is 154 Å². The smallest absolute Gasteiger partial charge is 0.416 e. The molecule has 0 aromatic heterocycles. The van der Waals surface area contributed by atoms with Gasteiger partial charge >= 0.3 is 24.3 Å². The highest BCUT2D eigenvalue weighted by Crippen LogP contribution is 2.36. The van der Waals surface area contributed by atoms with Crippen molar-refractivity contribution in [1.82, 2.24) is 5.32 Å². The van der Waals surface area contributed by atoms with Gasteiger partial charge in [-0.2, -0.15) is 26.3 Å². The molecular formula is C16H15F6NO5. The second-order valence-electron chi connectivity index (χ2n) is 5.56. The predicted octanol–water partition coefficient (Wildman–Crippen LogP) is 2.79. The molecule has 12 heteroatoms. The summed E-state index contributed by atoms with van der Waals surface area (Å²) < 4.78 is 81.4. The van der Waals surface area contributed by atoms with Gasteiger partial charge in [0, 0.05) is 0 Å². The normalized spacial score (nSPS) is 13.0. The number of alkyl halides is 6. The molecule has 1 aromatic rings. The van der Waals surface area contributed by atoms with Crippen molar-refractivity contribution in [3.63, 3.8) is 0 Å². The van der Waals surface area contributed by atoms with Crippen LogP contribution in [-0.2, 0) is 37.9 Å². The first-order chi connectivity index (χ1) is 12.7. The summed E-state index contributed by atoms with van der Waals surface area (Å²) in [5.41, 5.74) is -3.84. The molecule has 0 bridgehead atoms. The highest BCUT2D eigenvalue weighted by molar-refractivity contribution is 5.88. The van der Waals surface area contributed by atoms with Gasteiger partial charge in [0.2, 0.25) is 5.91 Å². The zero-order valence-corrected chi connectivity index (χ0v) is 14.3. The Balaban J connectivity index is 3.03. The number of esters is 1. The molecule has 0 aliphatic carbocycles. The van der Waals surface area contributed by atoms with Crippen LogP contribution in [0.2, 0.25) is 0 Å².